The number of rotatable bonds is 6. The zero-order chi connectivity index (χ0) is 21.3. The van der Waals surface area contributed by atoms with E-state index in [0.29, 0.717) is 0 Å². The molecule has 4 aromatic carbocycles. The Morgan fingerprint density at radius 3 is 1.10 bits per heavy atom. The molecule has 0 amide bonds. The lowest BCUT2D eigenvalue weighted by molar-refractivity contribution is 0.414. The van der Waals surface area contributed by atoms with Crippen molar-refractivity contribution < 1.29 is 9.47 Å². The molecule has 2 nitrogen and oxygen atoms in total. The van der Waals surface area contributed by atoms with Crippen molar-refractivity contribution in [3.63, 3.8) is 0 Å². The molecule has 5 rings (SSSR count). The van der Waals surface area contributed by atoms with Gasteiger partial charge in [-0.1, -0.05) is 84.9 Å². The summed E-state index contributed by atoms with van der Waals surface area (Å²) in [5.41, 5.74) is 4.96. The van der Waals surface area contributed by atoms with E-state index in [9.17, 15) is 0 Å². The van der Waals surface area contributed by atoms with E-state index in [1.807, 2.05) is 0 Å². The van der Waals surface area contributed by atoms with Crippen molar-refractivity contribution in [3.05, 3.63) is 131 Å². The van der Waals surface area contributed by atoms with E-state index in [-0.39, 0.29) is 10.8 Å². The van der Waals surface area contributed by atoms with Gasteiger partial charge in [-0.25, -0.2) is 0 Å². The summed E-state index contributed by atoms with van der Waals surface area (Å²) in [6.45, 7) is 0. The smallest absolute Gasteiger partial charge is 0.118 e. The minimum atomic E-state index is -0.172. The second kappa shape index (κ2) is 7.63. The first-order valence-corrected chi connectivity index (χ1v) is 10.6. The van der Waals surface area contributed by atoms with Crippen molar-refractivity contribution >= 4 is 0 Å². The molecule has 31 heavy (non-hydrogen) atoms. The van der Waals surface area contributed by atoms with Crippen LogP contribution in [0, 0.1) is 0 Å². The van der Waals surface area contributed by atoms with E-state index >= 15 is 0 Å². The van der Waals surface area contributed by atoms with Gasteiger partial charge in [-0.05, 0) is 52.9 Å². The third kappa shape index (κ3) is 2.94. The Hall–Kier alpha value is -3.52. The van der Waals surface area contributed by atoms with Crippen molar-refractivity contribution in [1.82, 2.24) is 0 Å². The monoisotopic (exact) mass is 406 g/mol. The second-order valence-corrected chi connectivity index (χ2v) is 8.18. The Morgan fingerprint density at radius 2 is 0.774 bits per heavy atom. The van der Waals surface area contributed by atoms with E-state index in [1.165, 1.54) is 22.3 Å². The largest absolute Gasteiger partial charge is 0.497 e. The minimum Gasteiger partial charge on any atom is -0.497 e. The van der Waals surface area contributed by atoms with Crippen LogP contribution in [0.1, 0.15) is 28.7 Å². The zero-order valence-electron chi connectivity index (χ0n) is 17.9. The highest BCUT2D eigenvalue weighted by atomic mass is 16.5. The van der Waals surface area contributed by atoms with E-state index in [1.54, 1.807) is 14.2 Å². The Kier molecular flexibility index (Phi) is 4.78. The molecule has 4 aromatic rings. The maximum atomic E-state index is 5.44. The summed E-state index contributed by atoms with van der Waals surface area (Å²) in [7, 11) is 3.42. The number of hydrogen-bond donors (Lipinski definition) is 0. The van der Waals surface area contributed by atoms with Gasteiger partial charge in [0.2, 0.25) is 0 Å². The van der Waals surface area contributed by atoms with Gasteiger partial charge in [0.1, 0.15) is 11.5 Å². The van der Waals surface area contributed by atoms with Crippen LogP contribution in [0.15, 0.2) is 109 Å². The van der Waals surface area contributed by atoms with Crippen LogP contribution in [-0.2, 0) is 10.8 Å². The average molecular weight is 407 g/mol. The van der Waals surface area contributed by atoms with Crippen LogP contribution in [0.2, 0.25) is 0 Å². The van der Waals surface area contributed by atoms with Crippen LogP contribution in [0.5, 0.6) is 11.5 Å². The Balaban J connectivity index is 1.77. The van der Waals surface area contributed by atoms with Gasteiger partial charge < -0.3 is 9.47 Å². The summed E-state index contributed by atoms with van der Waals surface area (Å²) < 4.78 is 10.9. The van der Waals surface area contributed by atoms with Gasteiger partial charge >= 0.3 is 0 Å². The number of benzene rings is 4. The standard InChI is InChI=1S/C29H26O2/c1-30-26-17-13-24(14-18-26)29(25-15-19-27(31-2)20-16-25)21-28(29,22-9-5-3-6-10-22)23-11-7-4-8-12-23/h3-20H,21H2,1-2H3. The number of methoxy groups -OCH3 is 2. The summed E-state index contributed by atoms with van der Waals surface area (Å²) in [5, 5.41) is 0. The molecule has 0 radical (unpaired) electrons. The molecule has 1 aliphatic carbocycles. The highest BCUT2D eigenvalue weighted by Gasteiger charge is 2.70. The Bertz CT molecular complexity index is 1060. The molecule has 154 valence electrons. The lowest BCUT2D eigenvalue weighted by atomic mass is 9.74. The summed E-state index contributed by atoms with van der Waals surface area (Å²) in [6.07, 6.45) is 1.01. The Morgan fingerprint density at radius 1 is 0.452 bits per heavy atom. The van der Waals surface area contributed by atoms with Crippen LogP contribution < -0.4 is 9.47 Å². The van der Waals surface area contributed by atoms with Gasteiger partial charge in [0.05, 0.1) is 14.2 Å². The molecule has 2 heteroatoms. The maximum Gasteiger partial charge on any atom is 0.118 e. The molecule has 0 aliphatic heterocycles. The van der Waals surface area contributed by atoms with Crippen molar-refractivity contribution in [1.29, 1.82) is 0 Å². The third-order valence-electron chi connectivity index (χ3n) is 6.83. The summed E-state index contributed by atoms with van der Waals surface area (Å²) in [4.78, 5) is 0. The van der Waals surface area contributed by atoms with Crippen molar-refractivity contribution in [2.45, 2.75) is 17.3 Å². The molecule has 0 heterocycles. The normalized spacial score (nSPS) is 15.8. The van der Waals surface area contributed by atoms with Gasteiger partial charge in [0, 0.05) is 10.8 Å². The predicted molar refractivity (Wildman–Crippen MR) is 125 cm³/mol. The highest BCUT2D eigenvalue weighted by Crippen LogP contribution is 2.71. The van der Waals surface area contributed by atoms with E-state index < -0.39 is 0 Å². The third-order valence-corrected chi connectivity index (χ3v) is 6.83. The number of hydrogen-bond acceptors (Lipinski definition) is 2. The maximum absolute atomic E-state index is 5.44. The zero-order valence-corrected chi connectivity index (χ0v) is 17.9. The van der Waals surface area contributed by atoms with Crippen molar-refractivity contribution in [2.24, 2.45) is 0 Å². The van der Waals surface area contributed by atoms with Crippen molar-refractivity contribution in [2.75, 3.05) is 14.2 Å². The molecule has 0 atom stereocenters. The molecule has 0 unspecified atom stereocenters. The molecule has 0 spiro atoms. The molecule has 1 aliphatic rings. The molecule has 0 N–H and O–H groups in total. The van der Waals surface area contributed by atoms with E-state index in [4.69, 9.17) is 9.47 Å². The number of ether oxygens (including phenoxy) is 2. The molecule has 0 saturated heterocycles. The molecule has 1 saturated carbocycles. The SMILES string of the molecule is COc1ccc(C2(c3ccc(OC)cc3)CC2(c2ccccc2)c2ccccc2)cc1. The van der Waals surface area contributed by atoms with Crippen LogP contribution in [-0.4, -0.2) is 14.2 Å². The minimum absolute atomic E-state index is 0.140. The Labute approximate surface area is 184 Å². The second-order valence-electron chi connectivity index (χ2n) is 8.18. The van der Waals surface area contributed by atoms with Gasteiger partial charge in [-0.2, -0.15) is 0 Å². The van der Waals surface area contributed by atoms with E-state index in [2.05, 4.69) is 109 Å². The van der Waals surface area contributed by atoms with Gasteiger partial charge in [-0.15, -0.1) is 0 Å². The van der Waals surface area contributed by atoms with Gasteiger partial charge in [-0.3, -0.25) is 0 Å². The topological polar surface area (TPSA) is 18.5 Å². The molecule has 0 aromatic heterocycles. The quantitative estimate of drug-likeness (QED) is 0.370. The van der Waals surface area contributed by atoms with Crippen molar-refractivity contribution in [3.8, 4) is 11.5 Å². The molecule has 0 bridgehead atoms. The van der Waals surface area contributed by atoms with Crippen LogP contribution >= 0.6 is 0 Å². The highest BCUT2D eigenvalue weighted by molar-refractivity contribution is 5.65. The van der Waals surface area contributed by atoms with Crippen LogP contribution in [0.4, 0.5) is 0 Å². The lowest BCUT2D eigenvalue weighted by Gasteiger charge is -2.29. The molecular formula is C29H26O2. The van der Waals surface area contributed by atoms with Crippen LogP contribution in [0.3, 0.4) is 0 Å². The summed E-state index contributed by atoms with van der Waals surface area (Å²) in [6, 6.07) is 39.0. The summed E-state index contributed by atoms with van der Waals surface area (Å²) >= 11 is 0. The van der Waals surface area contributed by atoms with Crippen LogP contribution in [0.25, 0.3) is 0 Å². The van der Waals surface area contributed by atoms with Gasteiger partial charge in [0.25, 0.3) is 0 Å². The first-order chi connectivity index (χ1) is 15.2. The van der Waals surface area contributed by atoms with Gasteiger partial charge in [0.15, 0.2) is 0 Å². The fourth-order valence-corrected chi connectivity index (χ4v) is 5.28. The average Bonchev–Trinajstić information content (AvgIpc) is 3.58. The fraction of sp³-hybridized carbons (Fsp3) is 0.172. The lowest BCUT2D eigenvalue weighted by Crippen LogP contribution is -2.25. The fourth-order valence-electron chi connectivity index (χ4n) is 5.28. The van der Waals surface area contributed by atoms with E-state index in [0.717, 1.165) is 17.9 Å². The molecular weight excluding hydrogens is 380 g/mol. The molecule has 1 fully saturated rings. The predicted octanol–water partition coefficient (Wildman–Crippen LogP) is 6.38. The first kappa shape index (κ1) is 19.4. The summed E-state index contributed by atoms with van der Waals surface area (Å²) in [5.74, 6) is 1.75. The first-order valence-electron chi connectivity index (χ1n) is 10.6.